The van der Waals surface area contributed by atoms with Gasteiger partial charge in [0.05, 0.1) is 12.1 Å². The van der Waals surface area contributed by atoms with E-state index in [-0.39, 0.29) is 36.8 Å². The molecule has 1 atom stereocenters. The van der Waals surface area contributed by atoms with E-state index >= 15 is 0 Å². The zero-order chi connectivity index (χ0) is 14.7. The van der Waals surface area contributed by atoms with Crippen molar-refractivity contribution in [1.29, 1.82) is 0 Å². The minimum absolute atomic E-state index is 0. The van der Waals surface area contributed by atoms with Gasteiger partial charge >= 0.3 is 0 Å². The number of halogens is 2. The van der Waals surface area contributed by atoms with Crippen molar-refractivity contribution in [1.82, 2.24) is 20.2 Å². The summed E-state index contributed by atoms with van der Waals surface area (Å²) in [5.74, 6) is 0.159. The first kappa shape index (κ1) is 19.8. The maximum absolute atomic E-state index is 12.4. The predicted octanol–water partition coefficient (Wildman–Crippen LogP) is 2.41. The van der Waals surface area contributed by atoms with Crippen LogP contribution >= 0.6 is 36.2 Å². The molecule has 8 heteroatoms. The van der Waals surface area contributed by atoms with E-state index in [0.717, 1.165) is 35.9 Å². The summed E-state index contributed by atoms with van der Waals surface area (Å²) in [7, 11) is 0. The topological polar surface area (TPSA) is 58.1 Å². The number of piperazine rings is 1. The fourth-order valence-electron chi connectivity index (χ4n) is 2.48. The largest absolute Gasteiger partial charge is 0.337 e. The fraction of sp³-hybridized carbons (Fsp3) is 0.400. The molecule has 0 aliphatic carbocycles. The van der Waals surface area contributed by atoms with Crippen molar-refractivity contribution < 1.29 is 4.79 Å². The molecule has 0 aromatic carbocycles. The SMILES string of the molecule is CC1CNCCN1C(=O)Cc1csc(-c2cccnc2)n1.Cl.Cl. The molecule has 3 heterocycles. The van der Waals surface area contributed by atoms with Crippen LogP contribution in [-0.4, -0.2) is 46.5 Å². The Labute approximate surface area is 152 Å². The van der Waals surface area contributed by atoms with Gasteiger partial charge in [0, 0.05) is 49.0 Å². The number of aromatic nitrogens is 2. The smallest absolute Gasteiger partial charge is 0.228 e. The number of pyridine rings is 1. The minimum atomic E-state index is 0. The molecule has 3 rings (SSSR count). The van der Waals surface area contributed by atoms with E-state index in [1.165, 1.54) is 0 Å². The van der Waals surface area contributed by atoms with Crippen molar-refractivity contribution in [2.75, 3.05) is 19.6 Å². The van der Waals surface area contributed by atoms with Crippen LogP contribution in [0.4, 0.5) is 0 Å². The molecule has 0 radical (unpaired) electrons. The second-order valence-corrected chi connectivity index (χ2v) is 6.06. The maximum Gasteiger partial charge on any atom is 0.228 e. The molecule has 1 fully saturated rings. The predicted molar refractivity (Wildman–Crippen MR) is 97.6 cm³/mol. The van der Waals surface area contributed by atoms with Crippen LogP contribution in [0.2, 0.25) is 0 Å². The highest BCUT2D eigenvalue weighted by atomic mass is 35.5. The summed E-state index contributed by atoms with van der Waals surface area (Å²) in [6, 6.07) is 4.13. The lowest BCUT2D eigenvalue weighted by Gasteiger charge is -2.33. The van der Waals surface area contributed by atoms with Gasteiger partial charge in [-0.15, -0.1) is 36.2 Å². The standard InChI is InChI=1S/C15H18N4OS.2ClH/c1-11-8-17-5-6-19(11)14(20)7-13-10-21-15(18-13)12-3-2-4-16-9-12;;/h2-4,9-11,17H,5-8H2,1H3;2*1H. The zero-order valence-electron chi connectivity index (χ0n) is 12.8. The fourth-order valence-corrected chi connectivity index (χ4v) is 3.29. The zero-order valence-corrected chi connectivity index (χ0v) is 15.2. The summed E-state index contributed by atoms with van der Waals surface area (Å²) in [5.41, 5.74) is 1.84. The molecule has 1 N–H and O–H groups in total. The monoisotopic (exact) mass is 374 g/mol. The molecule has 0 saturated carbocycles. The highest BCUT2D eigenvalue weighted by Gasteiger charge is 2.23. The summed E-state index contributed by atoms with van der Waals surface area (Å²) in [6.07, 6.45) is 3.91. The highest BCUT2D eigenvalue weighted by Crippen LogP contribution is 2.23. The van der Waals surface area contributed by atoms with E-state index in [4.69, 9.17) is 0 Å². The third-order valence-electron chi connectivity index (χ3n) is 3.61. The van der Waals surface area contributed by atoms with Gasteiger partial charge in [0.2, 0.25) is 5.91 Å². The summed E-state index contributed by atoms with van der Waals surface area (Å²) < 4.78 is 0. The minimum Gasteiger partial charge on any atom is -0.337 e. The number of thiazole rings is 1. The van der Waals surface area contributed by atoms with Crippen LogP contribution in [0.25, 0.3) is 10.6 Å². The Morgan fingerprint density at radius 3 is 3.00 bits per heavy atom. The Bertz CT molecular complexity index is 623. The number of rotatable bonds is 3. The number of carbonyl (C=O) groups excluding carboxylic acids is 1. The molecule has 23 heavy (non-hydrogen) atoms. The maximum atomic E-state index is 12.4. The third kappa shape index (κ3) is 4.88. The lowest BCUT2D eigenvalue weighted by molar-refractivity contribution is -0.133. The van der Waals surface area contributed by atoms with Crippen LogP contribution in [0.5, 0.6) is 0 Å². The van der Waals surface area contributed by atoms with Gasteiger partial charge in [-0.3, -0.25) is 9.78 Å². The number of nitrogens with one attached hydrogen (secondary N) is 1. The van der Waals surface area contributed by atoms with Crippen molar-refractivity contribution >= 4 is 42.1 Å². The van der Waals surface area contributed by atoms with Gasteiger partial charge in [-0.05, 0) is 19.1 Å². The van der Waals surface area contributed by atoms with Crippen LogP contribution in [0, 0.1) is 0 Å². The molecule has 2 aromatic rings. The van der Waals surface area contributed by atoms with Gasteiger partial charge in [-0.1, -0.05) is 0 Å². The first-order valence-corrected chi connectivity index (χ1v) is 7.97. The van der Waals surface area contributed by atoms with E-state index < -0.39 is 0 Å². The molecule has 1 unspecified atom stereocenters. The molecule has 0 spiro atoms. The first-order chi connectivity index (χ1) is 10.2. The van der Waals surface area contributed by atoms with Gasteiger partial charge in [0.15, 0.2) is 0 Å². The van der Waals surface area contributed by atoms with Crippen LogP contribution in [0.15, 0.2) is 29.9 Å². The molecule has 0 bridgehead atoms. The molecule has 2 aromatic heterocycles. The van der Waals surface area contributed by atoms with E-state index in [9.17, 15) is 4.79 Å². The molecular weight excluding hydrogens is 355 g/mol. The lowest BCUT2D eigenvalue weighted by atomic mass is 10.2. The van der Waals surface area contributed by atoms with Crippen LogP contribution in [-0.2, 0) is 11.2 Å². The van der Waals surface area contributed by atoms with E-state index in [0.29, 0.717) is 6.42 Å². The summed E-state index contributed by atoms with van der Waals surface area (Å²) in [5, 5.41) is 6.18. The molecule has 1 aliphatic heterocycles. The van der Waals surface area contributed by atoms with Gasteiger partial charge < -0.3 is 10.2 Å². The first-order valence-electron chi connectivity index (χ1n) is 7.09. The summed E-state index contributed by atoms with van der Waals surface area (Å²) in [6.45, 7) is 4.59. The second-order valence-electron chi connectivity index (χ2n) is 5.20. The van der Waals surface area contributed by atoms with Gasteiger partial charge in [0.1, 0.15) is 5.01 Å². The highest BCUT2D eigenvalue weighted by molar-refractivity contribution is 7.13. The molecule has 126 valence electrons. The Balaban J connectivity index is 0.00000132. The second kappa shape index (κ2) is 9.17. The van der Waals surface area contributed by atoms with Crippen molar-refractivity contribution in [2.24, 2.45) is 0 Å². The number of nitrogens with zero attached hydrogens (tertiary/aromatic N) is 3. The van der Waals surface area contributed by atoms with Crippen molar-refractivity contribution in [3.05, 3.63) is 35.6 Å². The quantitative estimate of drug-likeness (QED) is 0.895. The number of amides is 1. The van der Waals surface area contributed by atoms with Crippen molar-refractivity contribution in [2.45, 2.75) is 19.4 Å². The van der Waals surface area contributed by atoms with Gasteiger partial charge in [0.25, 0.3) is 0 Å². The molecule has 5 nitrogen and oxygen atoms in total. The third-order valence-corrected chi connectivity index (χ3v) is 4.55. The molecule has 1 saturated heterocycles. The summed E-state index contributed by atoms with van der Waals surface area (Å²) in [4.78, 5) is 23.0. The Morgan fingerprint density at radius 1 is 1.48 bits per heavy atom. The Hall–Kier alpha value is -1.21. The van der Waals surface area contributed by atoms with Gasteiger partial charge in [-0.25, -0.2) is 4.98 Å². The number of hydrogen-bond acceptors (Lipinski definition) is 5. The Kier molecular flexibility index (Phi) is 7.91. The molecule has 1 amide bonds. The normalized spacial score (nSPS) is 17.1. The van der Waals surface area contributed by atoms with Gasteiger partial charge in [-0.2, -0.15) is 0 Å². The number of carbonyl (C=O) groups is 1. The van der Waals surface area contributed by atoms with Crippen molar-refractivity contribution in [3.63, 3.8) is 0 Å². The van der Waals surface area contributed by atoms with Crippen molar-refractivity contribution in [3.8, 4) is 10.6 Å². The number of hydrogen-bond donors (Lipinski definition) is 1. The lowest BCUT2D eigenvalue weighted by Crippen LogP contribution is -2.52. The average Bonchev–Trinajstić information content (AvgIpc) is 2.97. The van der Waals surface area contributed by atoms with E-state index in [2.05, 4.69) is 22.2 Å². The van der Waals surface area contributed by atoms with Crippen LogP contribution in [0.3, 0.4) is 0 Å². The average molecular weight is 375 g/mol. The van der Waals surface area contributed by atoms with E-state index in [1.807, 2.05) is 22.4 Å². The molecular formula is C15H20Cl2N4OS. The Morgan fingerprint density at radius 2 is 2.30 bits per heavy atom. The van der Waals surface area contributed by atoms with Crippen LogP contribution in [0.1, 0.15) is 12.6 Å². The van der Waals surface area contributed by atoms with Crippen LogP contribution < -0.4 is 5.32 Å². The van der Waals surface area contributed by atoms with E-state index in [1.54, 1.807) is 23.7 Å². The molecule has 1 aliphatic rings. The summed E-state index contributed by atoms with van der Waals surface area (Å²) >= 11 is 1.56.